The Hall–Kier alpha value is -2.43. The van der Waals surface area contributed by atoms with Crippen LogP contribution in [0.5, 0.6) is 0 Å². The zero-order valence-corrected chi connectivity index (χ0v) is 12.7. The quantitative estimate of drug-likeness (QED) is 0.742. The van der Waals surface area contributed by atoms with Crippen molar-refractivity contribution >= 4 is 17.6 Å². The Morgan fingerprint density at radius 1 is 1.39 bits per heavy atom. The first kappa shape index (κ1) is 15.5. The van der Waals surface area contributed by atoms with Gasteiger partial charge in [0.15, 0.2) is 17.0 Å². The molecule has 8 nitrogen and oxygen atoms in total. The molecule has 0 aliphatic carbocycles. The molecule has 1 saturated heterocycles. The van der Waals surface area contributed by atoms with Gasteiger partial charge in [-0.05, 0) is 0 Å². The maximum absolute atomic E-state index is 12.3. The molecule has 1 amide bonds. The summed E-state index contributed by atoms with van der Waals surface area (Å²) in [6, 6.07) is 0. The molecule has 1 fully saturated rings. The third-order valence-corrected chi connectivity index (χ3v) is 4.55. The summed E-state index contributed by atoms with van der Waals surface area (Å²) in [5.74, 6) is 1.50. The van der Waals surface area contributed by atoms with Crippen LogP contribution in [0.1, 0.15) is 38.5 Å². The summed E-state index contributed by atoms with van der Waals surface area (Å²) in [6.07, 6.45) is 8.26. The number of carboxylic acid groups (broad SMARTS) is 1. The third-order valence-electron chi connectivity index (χ3n) is 4.55. The number of nitrogens with zero attached hydrogens (tertiary/aromatic N) is 4. The minimum absolute atomic E-state index is 0.00614. The lowest BCUT2D eigenvalue weighted by Crippen LogP contribution is -2.37. The van der Waals surface area contributed by atoms with Crippen LogP contribution in [0.15, 0.2) is 15.4 Å². The van der Waals surface area contributed by atoms with Gasteiger partial charge in [-0.25, -0.2) is 4.79 Å². The van der Waals surface area contributed by atoms with E-state index < -0.39 is 17.2 Å². The van der Waals surface area contributed by atoms with Gasteiger partial charge in [0.1, 0.15) is 0 Å². The molecule has 0 aromatic carbocycles. The normalized spacial score (nSPS) is 26.7. The first-order valence-electron chi connectivity index (χ1n) is 7.61. The number of rotatable bonds is 6. The zero-order chi connectivity index (χ0) is 16.5. The van der Waals surface area contributed by atoms with E-state index in [0.717, 1.165) is 0 Å². The fourth-order valence-corrected chi connectivity index (χ4v) is 3.05. The lowest BCUT2D eigenvalue weighted by molar-refractivity contribution is -0.132. The number of carboxylic acids is 1. The highest BCUT2D eigenvalue weighted by molar-refractivity contribution is 6.36. The van der Waals surface area contributed by atoms with E-state index in [9.17, 15) is 9.59 Å². The summed E-state index contributed by atoms with van der Waals surface area (Å²) in [5.41, 5.74) is -1.11. The molecule has 1 atom stereocenters. The Morgan fingerprint density at radius 3 is 2.78 bits per heavy atom. The van der Waals surface area contributed by atoms with Crippen molar-refractivity contribution in [3.8, 4) is 12.3 Å². The summed E-state index contributed by atoms with van der Waals surface area (Å²) in [6.45, 7) is 0.921. The van der Waals surface area contributed by atoms with Gasteiger partial charge < -0.3 is 14.8 Å². The van der Waals surface area contributed by atoms with Crippen molar-refractivity contribution < 1.29 is 19.5 Å². The SMILES string of the molecule is C#CCCC1(CCC(=O)N2CCC3(CC(C(=O)O)=NO3)C2)N=N1. The van der Waals surface area contributed by atoms with E-state index in [-0.39, 0.29) is 18.0 Å². The molecule has 0 saturated carbocycles. The summed E-state index contributed by atoms with van der Waals surface area (Å²) in [4.78, 5) is 30.3. The van der Waals surface area contributed by atoms with Crippen LogP contribution in [0.2, 0.25) is 0 Å². The van der Waals surface area contributed by atoms with Crippen LogP contribution in [0, 0.1) is 12.3 Å². The number of aliphatic carboxylic acids is 1. The maximum atomic E-state index is 12.3. The molecule has 1 spiro atoms. The molecule has 0 radical (unpaired) electrons. The second-order valence-electron chi connectivity index (χ2n) is 6.25. The fourth-order valence-electron chi connectivity index (χ4n) is 3.05. The van der Waals surface area contributed by atoms with Crippen LogP contribution in [-0.4, -0.2) is 51.9 Å². The molecule has 3 aliphatic rings. The maximum Gasteiger partial charge on any atom is 0.353 e. The number of carbonyl (C=O) groups excluding carboxylic acids is 1. The number of hydrogen-bond donors (Lipinski definition) is 1. The van der Waals surface area contributed by atoms with Crippen molar-refractivity contribution in [1.29, 1.82) is 0 Å². The highest BCUT2D eigenvalue weighted by Crippen LogP contribution is 2.39. The second kappa shape index (κ2) is 5.65. The Morgan fingerprint density at radius 2 is 2.17 bits per heavy atom. The summed E-state index contributed by atoms with van der Waals surface area (Å²) >= 11 is 0. The molecule has 23 heavy (non-hydrogen) atoms. The van der Waals surface area contributed by atoms with Crippen molar-refractivity contribution in [1.82, 2.24) is 4.90 Å². The van der Waals surface area contributed by atoms with Crippen LogP contribution in [0.3, 0.4) is 0 Å². The van der Waals surface area contributed by atoms with E-state index >= 15 is 0 Å². The Balaban J connectivity index is 1.47. The fraction of sp³-hybridized carbons (Fsp3) is 0.667. The molecular weight excluding hydrogens is 300 g/mol. The third kappa shape index (κ3) is 3.18. The first-order chi connectivity index (χ1) is 11.0. The molecule has 3 rings (SSSR count). The molecule has 3 heterocycles. The van der Waals surface area contributed by atoms with E-state index in [1.165, 1.54) is 0 Å². The molecule has 8 heteroatoms. The predicted molar refractivity (Wildman–Crippen MR) is 79.6 cm³/mol. The average molecular weight is 318 g/mol. The summed E-state index contributed by atoms with van der Waals surface area (Å²) in [7, 11) is 0. The van der Waals surface area contributed by atoms with Gasteiger partial charge in [-0.3, -0.25) is 4.79 Å². The van der Waals surface area contributed by atoms with Gasteiger partial charge in [-0.2, -0.15) is 10.2 Å². The zero-order valence-electron chi connectivity index (χ0n) is 12.7. The van der Waals surface area contributed by atoms with E-state index in [4.69, 9.17) is 16.4 Å². The van der Waals surface area contributed by atoms with E-state index in [2.05, 4.69) is 21.3 Å². The van der Waals surface area contributed by atoms with Crippen molar-refractivity contribution in [2.45, 2.75) is 49.8 Å². The monoisotopic (exact) mass is 318 g/mol. The molecule has 122 valence electrons. The average Bonchev–Trinajstić information content (AvgIpc) is 2.99. The van der Waals surface area contributed by atoms with Gasteiger partial charge in [-0.15, -0.1) is 12.3 Å². The molecule has 3 aliphatic heterocycles. The van der Waals surface area contributed by atoms with Gasteiger partial charge >= 0.3 is 5.97 Å². The topological polar surface area (TPSA) is 104 Å². The van der Waals surface area contributed by atoms with E-state index in [1.54, 1.807) is 4.90 Å². The Labute approximate surface area is 133 Å². The van der Waals surface area contributed by atoms with Gasteiger partial charge in [0.05, 0.1) is 6.54 Å². The van der Waals surface area contributed by atoms with Crippen molar-refractivity contribution in [3.05, 3.63) is 0 Å². The molecular formula is C15H18N4O4. The standard InChI is InChI=1S/C15H18N4O4/c1-2-3-5-15(17-18-15)6-4-12(20)19-8-7-14(10-19)9-11(13(21)22)16-23-14/h1H,3-10H2,(H,21,22). The van der Waals surface area contributed by atoms with Crippen LogP contribution in [0.4, 0.5) is 0 Å². The molecule has 1 N–H and O–H groups in total. The lowest BCUT2D eigenvalue weighted by Gasteiger charge is -2.22. The number of carbonyl (C=O) groups is 2. The highest BCUT2D eigenvalue weighted by atomic mass is 16.7. The van der Waals surface area contributed by atoms with Crippen LogP contribution in [0.25, 0.3) is 0 Å². The van der Waals surface area contributed by atoms with Gasteiger partial charge in [0.2, 0.25) is 5.91 Å². The van der Waals surface area contributed by atoms with Crippen molar-refractivity contribution in [3.63, 3.8) is 0 Å². The Bertz CT molecular complexity index is 630. The Kier molecular flexibility index (Phi) is 3.80. The predicted octanol–water partition coefficient (Wildman–Crippen LogP) is 1.17. The molecule has 0 aromatic rings. The largest absolute Gasteiger partial charge is 0.477 e. The first-order valence-corrected chi connectivity index (χ1v) is 7.61. The number of likely N-dealkylation sites (tertiary alicyclic amines) is 1. The summed E-state index contributed by atoms with van der Waals surface area (Å²) in [5, 5.41) is 20.6. The smallest absolute Gasteiger partial charge is 0.353 e. The molecule has 1 unspecified atom stereocenters. The number of oxime groups is 1. The number of hydrogen-bond acceptors (Lipinski definition) is 6. The molecule has 0 bridgehead atoms. The van der Waals surface area contributed by atoms with Gasteiger partial charge in [-0.1, -0.05) is 5.16 Å². The van der Waals surface area contributed by atoms with Crippen molar-refractivity contribution in [2.24, 2.45) is 15.4 Å². The number of amides is 1. The molecule has 0 aromatic heterocycles. The van der Waals surface area contributed by atoms with Crippen molar-refractivity contribution in [2.75, 3.05) is 13.1 Å². The van der Waals surface area contributed by atoms with Crippen LogP contribution < -0.4 is 0 Å². The van der Waals surface area contributed by atoms with E-state index in [0.29, 0.717) is 45.2 Å². The second-order valence-corrected chi connectivity index (χ2v) is 6.25. The van der Waals surface area contributed by atoms with E-state index in [1.807, 2.05) is 0 Å². The van der Waals surface area contributed by atoms with Gasteiger partial charge in [0.25, 0.3) is 0 Å². The highest BCUT2D eigenvalue weighted by Gasteiger charge is 2.48. The van der Waals surface area contributed by atoms with Crippen LogP contribution in [-0.2, 0) is 14.4 Å². The lowest BCUT2D eigenvalue weighted by atomic mass is 9.96. The van der Waals surface area contributed by atoms with Gasteiger partial charge in [0, 0.05) is 45.1 Å². The van der Waals surface area contributed by atoms with Crippen LogP contribution >= 0.6 is 0 Å². The minimum atomic E-state index is -1.07. The summed E-state index contributed by atoms with van der Waals surface area (Å²) < 4.78 is 0. The number of terminal acetylenes is 1. The minimum Gasteiger partial charge on any atom is -0.477 e.